The topological polar surface area (TPSA) is 38.6 Å². The summed E-state index contributed by atoms with van der Waals surface area (Å²) >= 11 is 0. The van der Waals surface area contributed by atoms with Crippen LogP contribution in [0, 0.1) is 6.92 Å². The third-order valence-electron chi connectivity index (χ3n) is 5.55. The van der Waals surface area contributed by atoms with Gasteiger partial charge in [-0.25, -0.2) is 4.98 Å². The maximum atomic E-state index is 6.19. The molecule has 5 aromatic rings. The summed E-state index contributed by atoms with van der Waals surface area (Å²) in [6.07, 6.45) is 2.03. The summed E-state index contributed by atoms with van der Waals surface area (Å²) in [6.45, 7) is 3.33. The van der Waals surface area contributed by atoms with Gasteiger partial charge in [0.05, 0.1) is 0 Å². The van der Waals surface area contributed by atoms with Crippen LogP contribution in [0.3, 0.4) is 0 Å². The Balaban J connectivity index is 1.56. The Morgan fingerprint density at radius 2 is 1.47 bits per heavy atom. The van der Waals surface area contributed by atoms with Gasteiger partial charge < -0.3 is 10.1 Å². The number of fused-ring (bicyclic) bond motifs is 1. The van der Waals surface area contributed by atoms with Crippen LogP contribution >= 0.6 is 0 Å². The minimum Gasteiger partial charge on any atom is -0.485 e. The summed E-state index contributed by atoms with van der Waals surface area (Å²) in [7, 11) is 0. The monoisotopic (exact) mass is 419 g/mol. The lowest BCUT2D eigenvalue weighted by molar-refractivity contribution is 0.308. The van der Waals surface area contributed by atoms with Gasteiger partial charge in [0.25, 0.3) is 0 Å². The van der Waals surface area contributed by atoms with E-state index >= 15 is 0 Å². The fraction of sp³-hybridized carbons (Fsp3) is 0.107. The van der Waals surface area contributed by atoms with Crippen LogP contribution in [0.1, 0.15) is 16.7 Å². The van der Waals surface area contributed by atoms with Gasteiger partial charge in [-0.1, -0.05) is 84.9 Å². The van der Waals surface area contributed by atoms with Gasteiger partial charge in [-0.15, -0.1) is 0 Å². The lowest BCUT2D eigenvalue weighted by atomic mass is 10.1. The summed E-state index contributed by atoms with van der Waals surface area (Å²) in [6, 6.07) is 32.9. The van der Waals surface area contributed by atoms with Crippen LogP contribution in [0.5, 0.6) is 5.75 Å². The second-order valence-electron chi connectivity index (χ2n) is 7.80. The summed E-state index contributed by atoms with van der Waals surface area (Å²) in [5, 5.41) is 3.62. The zero-order valence-electron chi connectivity index (χ0n) is 18.0. The molecule has 0 unspecified atom stereocenters. The number of nitrogens with zero attached hydrogens (tertiary/aromatic N) is 2. The van der Waals surface area contributed by atoms with E-state index in [1.165, 1.54) is 11.1 Å². The van der Waals surface area contributed by atoms with E-state index in [0.717, 1.165) is 34.0 Å². The van der Waals surface area contributed by atoms with E-state index < -0.39 is 0 Å². The molecule has 0 aliphatic rings. The van der Waals surface area contributed by atoms with Gasteiger partial charge in [-0.05, 0) is 35.7 Å². The van der Waals surface area contributed by atoms with E-state index in [1.807, 2.05) is 42.6 Å². The molecule has 0 fully saturated rings. The first-order chi connectivity index (χ1) is 15.8. The standard InChI is InChI=1S/C28H25N3O/c1-21-11-8-9-16-24(21)26-28(29-19-22-12-4-2-5-13-22)31-18-10-17-25(27(31)30-26)32-20-23-14-6-3-7-15-23/h2-18,29H,19-20H2,1H3. The Morgan fingerprint density at radius 1 is 0.781 bits per heavy atom. The maximum absolute atomic E-state index is 6.19. The van der Waals surface area contributed by atoms with E-state index in [9.17, 15) is 0 Å². The molecule has 0 bridgehead atoms. The highest BCUT2D eigenvalue weighted by atomic mass is 16.5. The highest BCUT2D eigenvalue weighted by molar-refractivity contribution is 5.80. The summed E-state index contributed by atoms with van der Waals surface area (Å²) < 4.78 is 8.28. The number of hydrogen-bond acceptors (Lipinski definition) is 3. The van der Waals surface area contributed by atoms with Crippen molar-refractivity contribution in [3.63, 3.8) is 0 Å². The maximum Gasteiger partial charge on any atom is 0.181 e. The second-order valence-corrected chi connectivity index (χ2v) is 7.80. The number of benzene rings is 3. The summed E-state index contributed by atoms with van der Waals surface area (Å²) in [5.74, 6) is 1.72. The van der Waals surface area contributed by atoms with Gasteiger partial charge in [-0.3, -0.25) is 4.40 Å². The molecule has 0 atom stereocenters. The first-order valence-corrected chi connectivity index (χ1v) is 10.8. The Bertz CT molecular complexity index is 1330. The van der Waals surface area contributed by atoms with Crippen LogP contribution in [0.4, 0.5) is 5.82 Å². The van der Waals surface area contributed by atoms with Gasteiger partial charge in [-0.2, -0.15) is 0 Å². The van der Waals surface area contributed by atoms with Crippen molar-refractivity contribution in [3.05, 3.63) is 120 Å². The van der Waals surface area contributed by atoms with Gasteiger partial charge in [0.1, 0.15) is 18.1 Å². The van der Waals surface area contributed by atoms with Crippen LogP contribution in [0.15, 0.2) is 103 Å². The average Bonchev–Trinajstić information content (AvgIpc) is 3.22. The Hall–Kier alpha value is -4.05. The molecule has 4 nitrogen and oxygen atoms in total. The van der Waals surface area contributed by atoms with Crippen molar-refractivity contribution >= 4 is 11.5 Å². The molecule has 1 N–H and O–H groups in total. The zero-order chi connectivity index (χ0) is 21.8. The number of anilines is 1. The molecule has 2 heterocycles. The van der Waals surface area contributed by atoms with Gasteiger partial charge in [0, 0.05) is 18.3 Å². The number of hydrogen-bond donors (Lipinski definition) is 1. The molecular formula is C28H25N3O. The van der Waals surface area contributed by atoms with Crippen molar-refractivity contribution in [2.24, 2.45) is 0 Å². The number of rotatable bonds is 7. The quantitative estimate of drug-likeness (QED) is 0.327. The number of imidazole rings is 1. The first-order valence-electron chi connectivity index (χ1n) is 10.8. The third kappa shape index (κ3) is 4.08. The van der Waals surface area contributed by atoms with E-state index in [2.05, 4.69) is 77.3 Å². The third-order valence-corrected chi connectivity index (χ3v) is 5.55. The molecule has 4 heteroatoms. The number of pyridine rings is 1. The van der Waals surface area contributed by atoms with E-state index in [-0.39, 0.29) is 0 Å². The predicted molar refractivity (Wildman–Crippen MR) is 130 cm³/mol. The molecule has 0 saturated carbocycles. The zero-order valence-corrected chi connectivity index (χ0v) is 18.0. The van der Waals surface area contributed by atoms with Gasteiger partial charge in [0.15, 0.2) is 11.4 Å². The fourth-order valence-electron chi connectivity index (χ4n) is 3.87. The van der Waals surface area contributed by atoms with Crippen molar-refractivity contribution < 1.29 is 4.74 Å². The minimum atomic E-state index is 0.500. The molecule has 3 aromatic carbocycles. The molecular weight excluding hydrogens is 394 g/mol. The fourth-order valence-corrected chi connectivity index (χ4v) is 3.87. The number of nitrogens with one attached hydrogen (secondary N) is 1. The molecule has 0 amide bonds. The van der Waals surface area contributed by atoms with Crippen molar-refractivity contribution in [2.75, 3.05) is 5.32 Å². The van der Waals surface area contributed by atoms with Crippen LogP contribution in [0.2, 0.25) is 0 Å². The smallest absolute Gasteiger partial charge is 0.181 e. The highest BCUT2D eigenvalue weighted by Gasteiger charge is 2.18. The van der Waals surface area contributed by atoms with Gasteiger partial charge >= 0.3 is 0 Å². The first kappa shape index (κ1) is 19.9. The van der Waals surface area contributed by atoms with E-state index in [0.29, 0.717) is 13.2 Å². The van der Waals surface area contributed by atoms with Crippen molar-refractivity contribution in [1.82, 2.24) is 9.38 Å². The van der Waals surface area contributed by atoms with Gasteiger partial charge in [0.2, 0.25) is 0 Å². The summed E-state index contributed by atoms with van der Waals surface area (Å²) in [4.78, 5) is 5.04. The number of aryl methyl sites for hydroxylation is 1. The molecule has 0 saturated heterocycles. The molecule has 5 rings (SSSR count). The number of aromatic nitrogens is 2. The Labute approximate surface area is 188 Å². The minimum absolute atomic E-state index is 0.500. The van der Waals surface area contributed by atoms with Crippen molar-refractivity contribution in [3.8, 4) is 17.0 Å². The van der Waals surface area contributed by atoms with Crippen molar-refractivity contribution in [1.29, 1.82) is 0 Å². The lowest BCUT2D eigenvalue weighted by Gasteiger charge is -2.11. The van der Waals surface area contributed by atoms with Crippen molar-refractivity contribution in [2.45, 2.75) is 20.1 Å². The van der Waals surface area contributed by atoms with E-state index in [1.54, 1.807) is 0 Å². The molecule has 0 spiro atoms. The van der Waals surface area contributed by atoms with Crippen LogP contribution in [0.25, 0.3) is 16.9 Å². The molecule has 0 aliphatic carbocycles. The van der Waals surface area contributed by atoms with Crippen LogP contribution < -0.4 is 10.1 Å². The second kappa shape index (κ2) is 8.98. The average molecular weight is 420 g/mol. The lowest BCUT2D eigenvalue weighted by Crippen LogP contribution is -2.04. The molecule has 0 aliphatic heterocycles. The molecule has 158 valence electrons. The number of ether oxygens (including phenoxy) is 1. The largest absolute Gasteiger partial charge is 0.485 e. The Morgan fingerprint density at radius 3 is 2.22 bits per heavy atom. The summed E-state index contributed by atoms with van der Waals surface area (Å²) in [5.41, 5.74) is 6.37. The predicted octanol–water partition coefficient (Wildman–Crippen LogP) is 6.50. The SMILES string of the molecule is Cc1ccccc1-c1nc2c(OCc3ccccc3)cccn2c1NCc1ccccc1. The molecule has 0 radical (unpaired) electrons. The van der Waals surface area contributed by atoms with E-state index in [4.69, 9.17) is 9.72 Å². The molecule has 2 aromatic heterocycles. The highest BCUT2D eigenvalue weighted by Crippen LogP contribution is 2.34. The Kier molecular flexibility index (Phi) is 5.58. The molecule has 32 heavy (non-hydrogen) atoms. The normalized spacial score (nSPS) is 10.9. The van der Waals surface area contributed by atoms with Crippen LogP contribution in [-0.2, 0) is 13.2 Å². The van der Waals surface area contributed by atoms with Crippen LogP contribution in [-0.4, -0.2) is 9.38 Å².